The van der Waals surface area contributed by atoms with E-state index in [1.807, 2.05) is 13.8 Å². The van der Waals surface area contributed by atoms with Crippen molar-refractivity contribution in [2.75, 3.05) is 19.7 Å². The zero-order valence-corrected chi connectivity index (χ0v) is 11.0. The molecule has 1 aromatic rings. The molecule has 1 aliphatic rings. The molecule has 98 valence electrons. The van der Waals surface area contributed by atoms with Crippen molar-refractivity contribution < 1.29 is 9.53 Å². The number of ether oxygens (including phenoxy) is 1. The SMILES string of the molecule is CCOc1cncc(C(=O)C2(C)CCCNC2)c1. The van der Waals surface area contributed by atoms with E-state index in [2.05, 4.69) is 10.3 Å². The third kappa shape index (κ3) is 2.70. The second kappa shape index (κ2) is 5.48. The van der Waals surface area contributed by atoms with Gasteiger partial charge in [-0.25, -0.2) is 0 Å². The number of hydrogen-bond acceptors (Lipinski definition) is 4. The molecule has 0 radical (unpaired) electrons. The van der Waals surface area contributed by atoms with E-state index in [1.54, 1.807) is 18.5 Å². The lowest BCUT2D eigenvalue weighted by atomic mass is 9.77. The summed E-state index contributed by atoms with van der Waals surface area (Å²) in [5.41, 5.74) is 0.331. The molecule has 1 saturated heterocycles. The third-order valence-corrected chi connectivity index (χ3v) is 3.43. The number of ketones is 1. The van der Waals surface area contributed by atoms with Crippen molar-refractivity contribution in [2.45, 2.75) is 26.7 Å². The number of rotatable bonds is 4. The number of aromatic nitrogens is 1. The maximum atomic E-state index is 12.5. The molecular formula is C14H20N2O2. The fourth-order valence-electron chi connectivity index (χ4n) is 2.39. The van der Waals surface area contributed by atoms with Gasteiger partial charge >= 0.3 is 0 Å². The van der Waals surface area contributed by atoms with Crippen LogP contribution in [0.15, 0.2) is 18.5 Å². The van der Waals surface area contributed by atoms with Gasteiger partial charge in [0, 0.05) is 23.7 Å². The van der Waals surface area contributed by atoms with E-state index in [0.717, 1.165) is 25.9 Å². The van der Waals surface area contributed by atoms with Crippen molar-refractivity contribution >= 4 is 5.78 Å². The summed E-state index contributed by atoms with van der Waals surface area (Å²) in [4.78, 5) is 16.6. The van der Waals surface area contributed by atoms with Crippen LogP contribution in [-0.2, 0) is 0 Å². The van der Waals surface area contributed by atoms with Crippen molar-refractivity contribution in [3.8, 4) is 5.75 Å². The van der Waals surface area contributed by atoms with E-state index in [-0.39, 0.29) is 11.2 Å². The first-order valence-electron chi connectivity index (χ1n) is 6.49. The molecule has 0 aliphatic carbocycles. The minimum Gasteiger partial charge on any atom is -0.492 e. The second-order valence-corrected chi connectivity index (χ2v) is 5.01. The summed E-state index contributed by atoms with van der Waals surface area (Å²) in [7, 11) is 0. The Labute approximate surface area is 108 Å². The standard InChI is InChI=1S/C14H20N2O2/c1-3-18-12-7-11(8-16-9-12)13(17)14(2)5-4-6-15-10-14/h7-9,15H,3-6,10H2,1-2H3. The highest BCUT2D eigenvalue weighted by atomic mass is 16.5. The molecule has 2 rings (SSSR count). The van der Waals surface area contributed by atoms with E-state index >= 15 is 0 Å². The molecule has 1 fully saturated rings. The van der Waals surface area contributed by atoms with Crippen molar-refractivity contribution in [3.05, 3.63) is 24.0 Å². The predicted octanol–water partition coefficient (Wildman–Crippen LogP) is 2.05. The quantitative estimate of drug-likeness (QED) is 0.829. The second-order valence-electron chi connectivity index (χ2n) is 5.01. The van der Waals surface area contributed by atoms with Crippen LogP contribution in [0.4, 0.5) is 0 Å². The average molecular weight is 248 g/mol. The Balaban J connectivity index is 2.19. The summed E-state index contributed by atoms with van der Waals surface area (Å²) in [6.45, 7) is 6.26. The summed E-state index contributed by atoms with van der Waals surface area (Å²) < 4.78 is 5.39. The monoisotopic (exact) mass is 248 g/mol. The Hall–Kier alpha value is -1.42. The van der Waals surface area contributed by atoms with Gasteiger partial charge in [0.15, 0.2) is 5.78 Å². The van der Waals surface area contributed by atoms with Crippen LogP contribution in [0, 0.1) is 5.41 Å². The molecular weight excluding hydrogens is 228 g/mol. The van der Waals surface area contributed by atoms with Gasteiger partial charge in [-0.3, -0.25) is 9.78 Å². The third-order valence-electron chi connectivity index (χ3n) is 3.43. The van der Waals surface area contributed by atoms with Crippen molar-refractivity contribution in [1.82, 2.24) is 10.3 Å². The van der Waals surface area contributed by atoms with Gasteiger partial charge in [-0.2, -0.15) is 0 Å². The number of pyridine rings is 1. The lowest BCUT2D eigenvalue weighted by Gasteiger charge is -2.32. The van der Waals surface area contributed by atoms with E-state index in [4.69, 9.17) is 4.74 Å². The van der Waals surface area contributed by atoms with Crippen molar-refractivity contribution in [1.29, 1.82) is 0 Å². The van der Waals surface area contributed by atoms with Crippen LogP contribution in [0.2, 0.25) is 0 Å². The Morgan fingerprint density at radius 3 is 3.06 bits per heavy atom. The molecule has 18 heavy (non-hydrogen) atoms. The van der Waals surface area contributed by atoms with Gasteiger partial charge in [0.25, 0.3) is 0 Å². The minimum atomic E-state index is -0.315. The van der Waals surface area contributed by atoms with Gasteiger partial charge in [-0.1, -0.05) is 6.92 Å². The number of carbonyl (C=O) groups is 1. The molecule has 1 aliphatic heterocycles. The van der Waals surface area contributed by atoms with E-state index in [9.17, 15) is 4.79 Å². The van der Waals surface area contributed by atoms with E-state index < -0.39 is 0 Å². The maximum absolute atomic E-state index is 12.5. The van der Waals surface area contributed by atoms with Crippen LogP contribution < -0.4 is 10.1 Å². The Morgan fingerprint density at radius 2 is 2.39 bits per heavy atom. The van der Waals surface area contributed by atoms with Gasteiger partial charge < -0.3 is 10.1 Å². The average Bonchev–Trinajstić information content (AvgIpc) is 2.39. The van der Waals surface area contributed by atoms with E-state index in [0.29, 0.717) is 17.9 Å². The number of carbonyl (C=O) groups excluding carboxylic acids is 1. The van der Waals surface area contributed by atoms with Gasteiger partial charge in [0.05, 0.1) is 12.8 Å². The van der Waals surface area contributed by atoms with Crippen LogP contribution in [0.1, 0.15) is 37.0 Å². The van der Waals surface area contributed by atoms with Gasteiger partial charge in [-0.05, 0) is 32.4 Å². The first-order chi connectivity index (χ1) is 8.65. The van der Waals surface area contributed by atoms with Crippen LogP contribution in [-0.4, -0.2) is 30.5 Å². The van der Waals surface area contributed by atoms with Crippen molar-refractivity contribution in [2.24, 2.45) is 5.41 Å². The molecule has 1 atom stereocenters. The predicted molar refractivity (Wildman–Crippen MR) is 69.9 cm³/mol. The minimum absolute atomic E-state index is 0.156. The van der Waals surface area contributed by atoms with Gasteiger partial charge in [0.2, 0.25) is 0 Å². The number of nitrogens with one attached hydrogen (secondary N) is 1. The van der Waals surface area contributed by atoms with E-state index in [1.165, 1.54) is 0 Å². The number of Topliss-reactive ketones (excluding diaryl/α,β-unsaturated/α-hetero) is 1. The summed E-state index contributed by atoms with van der Waals surface area (Å²) >= 11 is 0. The topological polar surface area (TPSA) is 51.2 Å². The molecule has 0 spiro atoms. The number of nitrogens with zero attached hydrogens (tertiary/aromatic N) is 1. The molecule has 1 unspecified atom stereocenters. The van der Waals surface area contributed by atoms with Crippen LogP contribution in [0.3, 0.4) is 0 Å². The first-order valence-corrected chi connectivity index (χ1v) is 6.49. The molecule has 2 heterocycles. The Morgan fingerprint density at radius 1 is 1.56 bits per heavy atom. The highest BCUT2D eigenvalue weighted by Gasteiger charge is 2.35. The lowest BCUT2D eigenvalue weighted by Crippen LogP contribution is -2.43. The summed E-state index contributed by atoms with van der Waals surface area (Å²) in [6.07, 6.45) is 5.24. The first kappa shape index (κ1) is 13.0. The fraction of sp³-hybridized carbons (Fsp3) is 0.571. The highest BCUT2D eigenvalue weighted by molar-refractivity contribution is 6.00. The molecule has 4 heteroatoms. The van der Waals surface area contributed by atoms with Crippen LogP contribution in [0.5, 0.6) is 5.75 Å². The zero-order chi connectivity index (χ0) is 13.0. The molecule has 1 aromatic heterocycles. The highest BCUT2D eigenvalue weighted by Crippen LogP contribution is 2.30. The summed E-state index contributed by atoms with van der Waals surface area (Å²) in [6, 6.07) is 1.79. The fourth-order valence-corrected chi connectivity index (χ4v) is 2.39. The lowest BCUT2D eigenvalue weighted by molar-refractivity contribution is 0.0772. The number of piperidine rings is 1. The zero-order valence-electron chi connectivity index (χ0n) is 11.0. The van der Waals surface area contributed by atoms with Gasteiger partial charge in [0.1, 0.15) is 5.75 Å². The van der Waals surface area contributed by atoms with Crippen LogP contribution >= 0.6 is 0 Å². The van der Waals surface area contributed by atoms with Crippen LogP contribution in [0.25, 0.3) is 0 Å². The summed E-state index contributed by atoms with van der Waals surface area (Å²) in [5, 5.41) is 3.29. The molecule has 0 amide bonds. The van der Waals surface area contributed by atoms with Crippen molar-refractivity contribution in [3.63, 3.8) is 0 Å². The normalized spacial score (nSPS) is 23.7. The molecule has 0 bridgehead atoms. The maximum Gasteiger partial charge on any atom is 0.171 e. The Kier molecular flexibility index (Phi) is 3.97. The van der Waals surface area contributed by atoms with Gasteiger partial charge in [-0.15, -0.1) is 0 Å². The molecule has 0 aromatic carbocycles. The smallest absolute Gasteiger partial charge is 0.171 e. The number of hydrogen-bond donors (Lipinski definition) is 1. The molecule has 1 N–H and O–H groups in total. The molecule has 4 nitrogen and oxygen atoms in total. The summed E-state index contributed by atoms with van der Waals surface area (Å²) in [5.74, 6) is 0.819. The largest absolute Gasteiger partial charge is 0.492 e. The Bertz CT molecular complexity index is 426. The molecule has 0 saturated carbocycles.